The van der Waals surface area contributed by atoms with Gasteiger partial charge in [-0.25, -0.2) is 23.6 Å². The Bertz CT molecular complexity index is 1270. The second-order valence-electron chi connectivity index (χ2n) is 6.44. The maximum atomic E-state index is 13.7. The van der Waals surface area contributed by atoms with Crippen LogP contribution in [0.15, 0.2) is 77.9 Å². The molecule has 0 atom stereocenters. The quantitative estimate of drug-likeness (QED) is 0.380. The molecule has 0 bridgehead atoms. The van der Waals surface area contributed by atoms with Crippen LogP contribution in [0.3, 0.4) is 0 Å². The normalized spacial score (nSPS) is 11.2. The van der Waals surface area contributed by atoms with Crippen molar-refractivity contribution in [2.75, 3.05) is 0 Å². The number of hydrogen-bond donors (Lipinski definition) is 1. The highest BCUT2D eigenvalue weighted by molar-refractivity contribution is 6.07. The number of nitrogens with one attached hydrogen (secondary N) is 1. The lowest BCUT2D eigenvalue weighted by Crippen LogP contribution is -2.18. The van der Waals surface area contributed by atoms with Crippen molar-refractivity contribution in [3.63, 3.8) is 0 Å². The SMILES string of the molecule is O=C(NN=Cc1ccc(F)cc1F)c1cc(-c2ccc(F)cc2)nc2ccccc12. The van der Waals surface area contributed by atoms with E-state index >= 15 is 0 Å². The zero-order valence-electron chi connectivity index (χ0n) is 15.4. The topological polar surface area (TPSA) is 54.4 Å². The molecule has 148 valence electrons. The van der Waals surface area contributed by atoms with Gasteiger partial charge in [0.1, 0.15) is 17.5 Å². The number of benzene rings is 3. The van der Waals surface area contributed by atoms with Crippen LogP contribution in [0.5, 0.6) is 0 Å². The van der Waals surface area contributed by atoms with Crippen LogP contribution in [0.1, 0.15) is 15.9 Å². The number of hydrazone groups is 1. The van der Waals surface area contributed by atoms with Gasteiger partial charge in [0.05, 0.1) is 23.0 Å². The molecule has 0 saturated heterocycles. The minimum Gasteiger partial charge on any atom is -0.267 e. The van der Waals surface area contributed by atoms with Crippen molar-refractivity contribution in [3.8, 4) is 11.3 Å². The molecule has 0 unspecified atom stereocenters. The molecule has 0 saturated carbocycles. The fourth-order valence-corrected chi connectivity index (χ4v) is 2.96. The standard InChI is InChI=1S/C23H14F3N3O/c24-16-8-5-14(6-9-16)22-12-19(18-3-1-2-4-21(18)28-22)23(30)29-27-13-15-7-10-17(25)11-20(15)26/h1-13H,(H,29,30). The Labute approximate surface area is 169 Å². The highest BCUT2D eigenvalue weighted by atomic mass is 19.1. The third kappa shape index (κ3) is 4.05. The molecule has 30 heavy (non-hydrogen) atoms. The predicted molar refractivity (Wildman–Crippen MR) is 109 cm³/mol. The summed E-state index contributed by atoms with van der Waals surface area (Å²) >= 11 is 0. The Morgan fingerprint density at radius 2 is 1.63 bits per heavy atom. The summed E-state index contributed by atoms with van der Waals surface area (Å²) in [5.74, 6) is -2.40. The zero-order valence-corrected chi connectivity index (χ0v) is 15.4. The number of rotatable bonds is 4. The fraction of sp³-hybridized carbons (Fsp3) is 0. The van der Waals surface area contributed by atoms with Crippen LogP contribution < -0.4 is 5.43 Å². The molecule has 0 aliphatic carbocycles. The number of carbonyl (C=O) groups excluding carboxylic acids is 1. The molecule has 4 nitrogen and oxygen atoms in total. The number of amides is 1. The van der Waals surface area contributed by atoms with Gasteiger partial charge in [-0.15, -0.1) is 0 Å². The summed E-state index contributed by atoms with van der Waals surface area (Å²) in [4.78, 5) is 17.3. The van der Waals surface area contributed by atoms with Crippen LogP contribution >= 0.6 is 0 Å². The lowest BCUT2D eigenvalue weighted by molar-refractivity contribution is 0.0956. The van der Waals surface area contributed by atoms with Crippen molar-refractivity contribution in [3.05, 3.63) is 101 Å². The summed E-state index contributed by atoms with van der Waals surface area (Å²) in [6.45, 7) is 0. The summed E-state index contributed by atoms with van der Waals surface area (Å²) in [6.07, 6.45) is 1.09. The highest BCUT2D eigenvalue weighted by Gasteiger charge is 2.14. The molecular formula is C23H14F3N3O. The molecule has 1 heterocycles. The van der Waals surface area contributed by atoms with Crippen LogP contribution in [0.4, 0.5) is 13.2 Å². The number of fused-ring (bicyclic) bond motifs is 1. The molecule has 0 spiro atoms. The smallest absolute Gasteiger partial charge is 0.267 e. The third-order valence-electron chi connectivity index (χ3n) is 4.43. The number of carbonyl (C=O) groups is 1. The van der Waals surface area contributed by atoms with E-state index in [2.05, 4.69) is 15.5 Å². The van der Waals surface area contributed by atoms with E-state index in [9.17, 15) is 18.0 Å². The van der Waals surface area contributed by atoms with Crippen molar-refractivity contribution < 1.29 is 18.0 Å². The molecule has 0 aliphatic rings. The second-order valence-corrected chi connectivity index (χ2v) is 6.44. The number of halogens is 3. The largest absolute Gasteiger partial charge is 0.272 e. The number of pyridine rings is 1. The monoisotopic (exact) mass is 405 g/mol. The van der Waals surface area contributed by atoms with E-state index in [-0.39, 0.29) is 11.4 Å². The summed E-state index contributed by atoms with van der Waals surface area (Å²) in [7, 11) is 0. The molecule has 1 amide bonds. The molecule has 4 aromatic rings. The van der Waals surface area contributed by atoms with Gasteiger partial charge in [-0.2, -0.15) is 5.10 Å². The van der Waals surface area contributed by atoms with Gasteiger partial charge in [-0.1, -0.05) is 18.2 Å². The van der Waals surface area contributed by atoms with E-state index in [1.54, 1.807) is 42.5 Å². The Morgan fingerprint density at radius 3 is 2.40 bits per heavy atom. The van der Waals surface area contributed by atoms with Crippen LogP contribution in [-0.2, 0) is 0 Å². The lowest BCUT2D eigenvalue weighted by Gasteiger charge is -2.09. The fourth-order valence-electron chi connectivity index (χ4n) is 2.96. The van der Waals surface area contributed by atoms with Gasteiger partial charge in [-0.3, -0.25) is 4.79 Å². The highest BCUT2D eigenvalue weighted by Crippen LogP contribution is 2.25. The number of hydrogen-bond acceptors (Lipinski definition) is 3. The van der Waals surface area contributed by atoms with Crippen LogP contribution in [0.25, 0.3) is 22.2 Å². The maximum Gasteiger partial charge on any atom is 0.272 e. The van der Waals surface area contributed by atoms with Crippen molar-refractivity contribution in [2.45, 2.75) is 0 Å². The first-order chi connectivity index (χ1) is 14.5. The first-order valence-electron chi connectivity index (χ1n) is 8.95. The van der Waals surface area contributed by atoms with Gasteiger partial charge in [0.25, 0.3) is 5.91 Å². The third-order valence-corrected chi connectivity index (χ3v) is 4.43. The Balaban J connectivity index is 1.67. The van der Waals surface area contributed by atoms with E-state index in [4.69, 9.17) is 0 Å². The average Bonchev–Trinajstić information content (AvgIpc) is 2.75. The first-order valence-corrected chi connectivity index (χ1v) is 8.95. The van der Waals surface area contributed by atoms with Gasteiger partial charge in [0.15, 0.2) is 0 Å². The molecule has 3 aromatic carbocycles. The Hall–Kier alpha value is -4.00. The van der Waals surface area contributed by atoms with E-state index in [0.717, 1.165) is 18.3 Å². The van der Waals surface area contributed by atoms with Crippen molar-refractivity contribution in [1.82, 2.24) is 10.4 Å². The lowest BCUT2D eigenvalue weighted by atomic mass is 10.0. The number of para-hydroxylation sites is 1. The van der Waals surface area contributed by atoms with Gasteiger partial charge in [0, 0.05) is 22.6 Å². The van der Waals surface area contributed by atoms with E-state index < -0.39 is 17.5 Å². The van der Waals surface area contributed by atoms with Gasteiger partial charge < -0.3 is 0 Å². The molecule has 0 radical (unpaired) electrons. The van der Waals surface area contributed by atoms with E-state index in [1.807, 2.05) is 0 Å². The zero-order chi connectivity index (χ0) is 21.1. The Morgan fingerprint density at radius 1 is 0.900 bits per heavy atom. The Kier molecular flexibility index (Phi) is 5.26. The van der Waals surface area contributed by atoms with Gasteiger partial charge in [0.2, 0.25) is 0 Å². The molecule has 0 fully saturated rings. The first kappa shape index (κ1) is 19.3. The molecule has 1 aromatic heterocycles. The van der Waals surface area contributed by atoms with Gasteiger partial charge >= 0.3 is 0 Å². The van der Waals surface area contributed by atoms with Crippen molar-refractivity contribution >= 4 is 23.0 Å². The molecular weight excluding hydrogens is 391 g/mol. The van der Waals surface area contributed by atoms with Crippen LogP contribution in [-0.4, -0.2) is 17.1 Å². The average molecular weight is 405 g/mol. The molecule has 4 rings (SSSR count). The van der Waals surface area contributed by atoms with Crippen molar-refractivity contribution in [2.24, 2.45) is 5.10 Å². The van der Waals surface area contributed by atoms with E-state index in [0.29, 0.717) is 27.7 Å². The molecule has 1 N–H and O–H groups in total. The minimum absolute atomic E-state index is 0.0308. The summed E-state index contributed by atoms with van der Waals surface area (Å²) < 4.78 is 39.9. The molecule has 0 aliphatic heterocycles. The predicted octanol–water partition coefficient (Wildman–Crippen LogP) is 5.08. The maximum absolute atomic E-state index is 13.7. The minimum atomic E-state index is -0.791. The summed E-state index contributed by atoms with van der Waals surface area (Å²) in [5, 5.41) is 4.37. The summed E-state index contributed by atoms with van der Waals surface area (Å²) in [6, 6.07) is 17.5. The van der Waals surface area contributed by atoms with Gasteiger partial charge in [-0.05, 0) is 48.5 Å². The van der Waals surface area contributed by atoms with Crippen molar-refractivity contribution in [1.29, 1.82) is 0 Å². The van der Waals surface area contributed by atoms with Crippen LogP contribution in [0, 0.1) is 17.5 Å². The molecule has 7 heteroatoms. The van der Waals surface area contributed by atoms with E-state index in [1.165, 1.54) is 18.2 Å². The second kappa shape index (κ2) is 8.16. The summed E-state index contributed by atoms with van der Waals surface area (Å²) in [5.41, 5.74) is 4.41. The number of nitrogens with zero attached hydrogens (tertiary/aromatic N) is 2. The van der Waals surface area contributed by atoms with Crippen LogP contribution in [0.2, 0.25) is 0 Å². The number of aromatic nitrogens is 1.